The molecule has 0 fully saturated rings. The van der Waals surface area contributed by atoms with E-state index in [0.29, 0.717) is 6.42 Å². The molecule has 0 bridgehead atoms. The summed E-state index contributed by atoms with van der Waals surface area (Å²) in [7, 11) is 0. The van der Waals surface area contributed by atoms with Gasteiger partial charge in [0.05, 0.1) is 11.0 Å². The van der Waals surface area contributed by atoms with Gasteiger partial charge < -0.3 is 10.3 Å². The fourth-order valence-corrected chi connectivity index (χ4v) is 2.93. The zero-order valence-electron chi connectivity index (χ0n) is 14.7. The molecule has 2 N–H and O–H groups in total. The lowest BCUT2D eigenvalue weighted by molar-refractivity contribution is -0.116. The second-order valence-electron chi connectivity index (χ2n) is 6.21. The van der Waals surface area contributed by atoms with E-state index in [4.69, 9.17) is 0 Å². The van der Waals surface area contributed by atoms with E-state index in [1.165, 1.54) is 5.56 Å². The third-order valence-corrected chi connectivity index (χ3v) is 4.32. The molecule has 1 heterocycles. The number of aryl methyl sites for hydroxylation is 1. The Bertz CT molecular complexity index is 993. The van der Waals surface area contributed by atoms with Crippen LogP contribution in [0.4, 0.5) is 5.69 Å². The zero-order chi connectivity index (χ0) is 17.8. The number of imidazole rings is 1. The maximum absolute atomic E-state index is 12.1. The quantitative estimate of drug-likeness (QED) is 0.500. The van der Waals surface area contributed by atoms with E-state index in [-0.39, 0.29) is 18.3 Å². The van der Waals surface area contributed by atoms with Gasteiger partial charge in [0.25, 0.3) is 0 Å². The molecule has 0 saturated heterocycles. The number of nitrogens with zero attached hydrogens (tertiary/aromatic N) is 1. The molecule has 136 valence electrons. The molecule has 0 unspecified atom stereocenters. The van der Waals surface area contributed by atoms with Crippen LogP contribution in [-0.4, -0.2) is 15.9 Å². The summed E-state index contributed by atoms with van der Waals surface area (Å²) in [5.41, 5.74) is 4.91. The smallest absolute Gasteiger partial charge is 0.224 e. The predicted octanol–water partition coefficient (Wildman–Crippen LogP) is 5.22. The van der Waals surface area contributed by atoms with Gasteiger partial charge in [-0.15, -0.1) is 12.4 Å². The number of hydrogen-bond donors (Lipinski definition) is 2. The van der Waals surface area contributed by atoms with Crippen molar-refractivity contribution in [2.75, 3.05) is 5.32 Å². The SMILES string of the molecule is Cl.O=C(CCc1ccccc1)Nc1ccc(-c2nc3ccccc3[nH]2)cc1. The van der Waals surface area contributed by atoms with Crippen LogP contribution >= 0.6 is 12.4 Å². The van der Waals surface area contributed by atoms with Crippen molar-refractivity contribution in [3.05, 3.63) is 84.4 Å². The number of hydrogen-bond acceptors (Lipinski definition) is 2. The van der Waals surface area contributed by atoms with Crippen molar-refractivity contribution in [1.82, 2.24) is 9.97 Å². The van der Waals surface area contributed by atoms with Gasteiger partial charge in [0.2, 0.25) is 5.91 Å². The summed E-state index contributed by atoms with van der Waals surface area (Å²) in [5.74, 6) is 0.846. The number of halogens is 1. The average Bonchev–Trinajstić information content (AvgIpc) is 3.12. The Morgan fingerprint density at radius 1 is 0.889 bits per heavy atom. The first-order chi connectivity index (χ1) is 12.8. The summed E-state index contributed by atoms with van der Waals surface area (Å²) < 4.78 is 0. The third kappa shape index (κ3) is 4.54. The van der Waals surface area contributed by atoms with Gasteiger partial charge >= 0.3 is 0 Å². The van der Waals surface area contributed by atoms with Gasteiger partial charge in [-0.05, 0) is 48.4 Å². The van der Waals surface area contributed by atoms with Gasteiger partial charge in [0.1, 0.15) is 5.82 Å². The van der Waals surface area contributed by atoms with Crippen LogP contribution in [0.25, 0.3) is 22.4 Å². The fraction of sp³-hybridized carbons (Fsp3) is 0.0909. The number of benzene rings is 3. The molecule has 0 aliphatic heterocycles. The van der Waals surface area contributed by atoms with Crippen LogP contribution in [0, 0.1) is 0 Å². The van der Waals surface area contributed by atoms with Crippen molar-refractivity contribution < 1.29 is 4.79 Å². The molecule has 0 atom stereocenters. The largest absolute Gasteiger partial charge is 0.338 e. The minimum atomic E-state index is 0. The number of para-hydroxylation sites is 2. The van der Waals surface area contributed by atoms with Gasteiger partial charge in [-0.2, -0.15) is 0 Å². The Labute approximate surface area is 164 Å². The highest BCUT2D eigenvalue weighted by Gasteiger charge is 2.06. The Kier molecular flexibility index (Phi) is 5.89. The standard InChI is InChI=1S/C22H19N3O.ClH/c26-21(15-10-16-6-2-1-3-7-16)23-18-13-11-17(12-14-18)22-24-19-8-4-5-9-20(19)25-22;/h1-9,11-14H,10,15H2,(H,23,26)(H,24,25);1H. The first-order valence-corrected chi connectivity index (χ1v) is 8.67. The summed E-state index contributed by atoms with van der Waals surface area (Å²) in [6.07, 6.45) is 1.21. The minimum absolute atomic E-state index is 0. The maximum atomic E-state index is 12.1. The highest BCUT2D eigenvalue weighted by molar-refractivity contribution is 5.91. The molecule has 4 nitrogen and oxygen atoms in total. The Morgan fingerprint density at radius 2 is 1.59 bits per heavy atom. The molecule has 0 radical (unpaired) electrons. The molecule has 1 aromatic heterocycles. The highest BCUT2D eigenvalue weighted by Crippen LogP contribution is 2.22. The second-order valence-corrected chi connectivity index (χ2v) is 6.21. The normalized spacial score (nSPS) is 10.4. The monoisotopic (exact) mass is 377 g/mol. The van der Waals surface area contributed by atoms with E-state index in [2.05, 4.69) is 15.3 Å². The van der Waals surface area contributed by atoms with Crippen LogP contribution in [0.15, 0.2) is 78.9 Å². The van der Waals surface area contributed by atoms with Gasteiger partial charge in [-0.1, -0.05) is 42.5 Å². The summed E-state index contributed by atoms with van der Waals surface area (Å²) in [5, 5.41) is 2.95. The van der Waals surface area contributed by atoms with Crippen LogP contribution in [0.5, 0.6) is 0 Å². The van der Waals surface area contributed by atoms with Crippen LogP contribution in [0.1, 0.15) is 12.0 Å². The second kappa shape index (κ2) is 8.52. The van der Waals surface area contributed by atoms with Gasteiger partial charge in [-0.3, -0.25) is 4.79 Å². The lowest BCUT2D eigenvalue weighted by Gasteiger charge is -2.06. The number of nitrogens with one attached hydrogen (secondary N) is 2. The Balaban J connectivity index is 0.00000210. The van der Waals surface area contributed by atoms with Crippen molar-refractivity contribution >= 4 is 35.0 Å². The average molecular weight is 378 g/mol. The van der Waals surface area contributed by atoms with Crippen molar-refractivity contribution in [1.29, 1.82) is 0 Å². The van der Waals surface area contributed by atoms with Crippen LogP contribution in [0.3, 0.4) is 0 Å². The molecular weight excluding hydrogens is 358 g/mol. The summed E-state index contributed by atoms with van der Waals surface area (Å²) in [4.78, 5) is 20.0. The fourth-order valence-electron chi connectivity index (χ4n) is 2.93. The zero-order valence-corrected chi connectivity index (χ0v) is 15.5. The van der Waals surface area contributed by atoms with Crippen molar-refractivity contribution in [3.8, 4) is 11.4 Å². The van der Waals surface area contributed by atoms with E-state index in [1.54, 1.807) is 0 Å². The lowest BCUT2D eigenvalue weighted by Crippen LogP contribution is -2.12. The van der Waals surface area contributed by atoms with E-state index in [0.717, 1.165) is 34.5 Å². The molecule has 4 aromatic rings. The number of aromatic amines is 1. The topological polar surface area (TPSA) is 57.8 Å². The number of H-pyrrole nitrogens is 1. The van der Waals surface area contributed by atoms with Gasteiger partial charge in [0.15, 0.2) is 0 Å². The van der Waals surface area contributed by atoms with Crippen LogP contribution < -0.4 is 5.32 Å². The van der Waals surface area contributed by atoms with Crippen LogP contribution in [0.2, 0.25) is 0 Å². The minimum Gasteiger partial charge on any atom is -0.338 e. The number of aromatic nitrogens is 2. The van der Waals surface area contributed by atoms with Gasteiger partial charge in [-0.25, -0.2) is 4.98 Å². The molecule has 27 heavy (non-hydrogen) atoms. The number of fused-ring (bicyclic) bond motifs is 1. The number of rotatable bonds is 5. The lowest BCUT2D eigenvalue weighted by atomic mass is 10.1. The Hall–Kier alpha value is -3.11. The predicted molar refractivity (Wildman–Crippen MR) is 112 cm³/mol. The molecule has 0 aliphatic carbocycles. The van der Waals surface area contributed by atoms with E-state index in [9.17, 15) is 4.79 Å². The number of carbonyl (C=O) groups excluding carboxylic acids is 1. The summed E-state index contributed by atoms with van der Waals surface area (Å²) >= 11 is 0. The molecule has 3 aromatic carbocycles. The third-order valence-electron chi connectivity index (χ3n) is 4.32. The van der Waals surface area contributed by atoms with E-state index >= 15 is 0 Å². The first kappa shape index (κ1) is 18.7. The summed E-state index contributed by atoms with van der Waals surface area (Å²) in [6.45, 7) is 0. The number of carbonyl (C=O) groups is 1. The molecule has 0 aliphatic rings. The molecule has 1 amide bonds. The van der Waals surface area contributed by atoms with E-state index in [1.807, 2.05) is 78.9 Å². The number of amides is 1. The molecule has 0 spiro atoms. The van der Waals surface area contributed by atoms with Crippen molar-refractivity contribution in [3.63, 3.8) is 0 Å². The van der Waals surface area contributed by atoms with E-state index < -0.39 is 0 Å². The van der Waals surface area contributed by atoms with Crippen LogP contribution in [-0.2, 0) is 11.2 Å². The Morgan fingerprint density at radius 3 is 2.33 bits per heavy atom. The van der Waals surface area contributed by atoms with Crippen molar-refractivity contribution in [2.24, 2.45) is 0 Å². The highest BCUT2D eigenvalue weighted by atomic mass is 35.5. The molecule has 4 rings (SSSR count). The van der Waals surface area contributed by atoms with Crippen molar-refractivity contribution in [2.45, 2.75) is 12.8 Å². The number of anilines is 1. The molecular formula is C22H20ClN3O. The maximum Gasteiger partial charge on any atom is 0.224 e. The van der Waals surface area contributed by atoms with Gasteiger partial charge in [0, 0.05) is 17.7 Å². The molecule has 5 heteroatoms. The summed E-state index contributed by atoms with van der Waals surface area (Å²) in [6, 6.07) is 25.7. The molecule has 0 saturated carbocycles. The first-order valence-electron chi connectivity index (χ1n) is 8.67.